The second-order valence-corrected chi connectivity index (χ2v) is 8.63. The first-order valence-corrected chi connectivity index (χ1v) is 10.4. The maximum absolute atomic E-state index is 13.4. The second-order valence-electron chi connectivity index (χ2n) is 8.63. The van der Waals surface area contributed by atoms with Crippen molar-refractivity contribution in [3.05, 3.63) is 36.2 Å². The number of hydrogen-bond acceptors (Lipinski definition) is 8. The zero-order valence-electron chi connectivity index (χ0n) is 22.0. The van der Waals surface area contributed by atoms with Crippen molar-refractivity contribution < 1.29 is 27.6 Å². The summed E-state index contributed by atoms with van der Waals surface area (Å²) in [5.41, 5.74) is -0.737. The van der Waals surface area contributed by atoms with Gasteiger partial charge in [0.15, 0.2) is 5.65 Å². The molecule has 3 aromatic heterocycles. The quantitative estimate of drug-likeness (QED) is 0.559. The molecular weight excluding hydrogens is 445 g/mol. The minimum Gasteiger partial charge on any atom is -0.480 e. The van der Waals surface area contributed by atoms with E-state index in [1.54, 1.807) is 32.9 Å². The van der Waals surface area contributed by atoms with Gasteiger partial charge in [-0.25, -0.2) is 19.2 Å². The summed E-state index contributed by atoms with van der Waals surface area (Å²) in [6.45, 7) is 1.79. The predicted octanol–water partition coefficient (Wildman–Crippen LogP) is 3.09. The Balaban J connectivity index is 1.87. The summed E-state index contributed by atoms with van der Waals surface area (Å²) in [6, 6.07) is 3.93. The number of nitrogens with zero attached hydrogens (tertiary/aromatic N) is 5. The zero-order valence-corrected chi connectivity index (χ0v) is 19.0. The molecule has 3 heterocycles. The van der Waals surface area contributed by atoms with Crippen molar-refractivity contribution in [1.29, 1.82) is 0 Å². The van der Waals surface area contributed by atoms with Gasteiger partial charge in [-0.3, -0.25) is 9.69 Å². The molecule has 1 aliphatic rings. The number of carbonyl (C=O) groups is 2. The topological polar surface area (TPSA) is 123 Å². The summed E-state index contributed by atoms with van der Waals surface area (Å²) in [6.07, 6.45) is 0.577. The van der Waals surface area contributed by atoms with E-state index in [1.165, 1.54) is 19.4 Å². The molecule has 34 heavy (non-hydrogen) atoms. The fourth-order valence-electron chi connectivity index (χ4n) is 3.08. The van der Waals surface area contributed by atoms with E-state index in [0.717, 1.165) is 10.7 Å². The van der Waals surface area contributed by atoms with Crippen molar-refractivity contribution in [2.75, 3.05) is 24.3 Å². The number of nitrogens with one attached hydrogen (secondary N) is 2. The highest BCUT2D eigenvalue weighted by atomic mass is 19.1. The highest BCUT2D eigenvalue weighted by Crippen LogP contribution is 2.29. The number of fused-ring (bicyclic) bond motifs is 1. The highest BCUT2D eigenvalue weighted by molar-refractivity contribution is 6.01. The second kappa shape index (κ2) is 8.76. The minimum atomic E-state index is -3.00. The van der Waals surface area contributed by atoms with Gasteiger partial charge in [-0.05, 0) is 32.9 Å². The average molecular weight is 475 g/mol. The van der Waals surface area contributed by atoms with E-state index >= 15 is 0 Å². The van der Waals surface area contributed by atoms with E-state index in [9.17, 15) is 14.0 Å². The lowest BCUT2D eigenvalue weighted by atomic mass is 10.2. The van der Waals surface area contributed by atoms with Gasteiger partial charge in [0, 0.05) is 29.8 Å². The van der Waals surface area contributed by atoms with Gasteiger partial charge >= 0.3 is 6.09 Å². The first-order valence-electron chi connectivity index (χ1n) is 11.9. The van der Waals surface area contributed by atoms with Crippen LogP contribution in [-0.4, -0.2) is 63.5 Å². The molecule has 0 bridgehead atoms. The summed E-state index contributed by atoms with van der Waals surface area (Å²) in [7, 11) is 1.42. The number of carbonyl (C=O) groups excluding carboxylic acids is 2. The summed E-state index contributed by atoms with van der Waals surface area (Å²) in [5, 5.41) is 9.63. The van der Waals surface area contributed by atoms with E-state index < -0.39 is 36.8 Å². The number of pyridine rings is 1. The van der Waals surface area contributed by atoms with Crippen molar-refractivity contribution in [2.45, 2.75) is 45.0 Å². The largest absolute Gasteiger partial charge is 0.480 e. The van der Waals surface area contributed by atoms with Crippen LogP contribution >= 0.6 is 0 Å². The summed E-state index contributed by atoms with van der Waals surface area (Å²) >= 11 is 0. The van der Waals surface area contributed by atoms with E-state index in [1.807, 2.05) is 0 Å². The Kier molecular flexibility index (Phi) is 5.03. The van der Waals surface area contributed by atoms with Crippen LogP contribution in [0.4, 0.5) is 26.5 Å². The van der Waals surface area contributed by atoms with E-state index in [4.69, 9.17) is 13.6 Å². The van der Waals surface area contributed by atoms with Crippen LogP contribution < -0.4 is 20.3 Å². The molecule has 3 aromatic rings. The molecule has 11 nitrogen and oxygen atoms in total. The first-order chi connectivity index (χ1) is 17.3. The Morgan fingerprint density at radius 1 is 1.38 bits per heavy atom. The number of ether oxygens (including phenoxy) is 2. The third-order valence-corrected chi connectivity index (χ3v) is 4.76. The van der Waals surface area contributed by atoms with Crippen LogP contribution in [0.3, 0.4) is 0 Å². The monoisotopic (exact) mass is 474 g/mol. The third kappa shape index (κ3) is 4.85. The van der Waals surface area contributed by atoms with Crippen LogP contribution in [0.15, 0.2) is 30.6 Å². The number of hydrogen-bond donors (Lipinski definition) is 2. The van der Waals surface area contributed by atoms with Gasteiger partial charge in [-0.1, -0.05) is 0 Å². The fraction of sp³-hybridized carbons (Fsp3) is 0.409. The predicted molar refractivity (Wildman–Crippen MR) is 122 cm³/mol. The molecule has 2 N–H and O–H groups in total. The van der Waals surface area contributed by atoms with Gasteiger partial charge in [-0.15, -0.1) is 0 Å². The molecule has 0 radical (unpaired) electrons. The third-order valence-electron chi connectivity index (χ3n) is 4.76. The summed E-state index contributed by atoms with van der Waals surface area (Å²) in [5.74, 6) is -0.624. The van der Waals surface area contributed by atoms with Crippen LogP contribution in [0.5, 0.6) is 5.88 Å². The summed E-state index contributed by atoms with van der Waals surface area (Å²) < 4.78 is 49.1. The molecule has 2 amide bonds. The molecule has 1 aliphatic carbocycles. The molecule has 0 aliphatic heterocycles. The Labute approximate surface area is 199 Å². The Hall–Kier alpha value is -3.96. The van der Waals surface area contributed by atoms with Gasteiger partial charge in [0.05, 0.1) is 19.3 Å². The Morgan fingerprint density at radius 2 is 2.15 bits per heavy atom. The number of amides is 2. The molecule has 1 saturated carbocycles. The van der Waals surface area contributed by atoms with Crippen LogP contribution in [0, 0.1) is 0 Å². The van der Waals surface area contributed by atoms with Crippen molar-refractivity contribution in [1.82, 2.24) is 24.9 Å². The molecule has 1 fully saturated rings. The van der Waals surface area contributed by atoms with Crippen molar-refractivity contribution >= 4 is 35.0 Å². The van der Waals surface area contributed by atoms with Crippen LogP contribution in [0.25, 0.3) is 5.65 Å². The summed E-state index contributed by atoms with van der Waals surface area (Å²) in [4.78, 5) is 34.9. The minimum absolute atomic E-state index is 0.0446. The zero-order chi connectivity index (χ0) is 27.1. The standard InChI is InChI=1S/C22H26FN7O4/c1-22(2,3)34-21(32)29(4)17-10-16(26-14-7-6-8-24-20(14)33-5)28-18-12(11-25-30(17)18)19(31)27-15-9-13(15)23/h6-8,10-11,13,15H,9H2,1-5H3,(H,26,28)(H,27,31)/t13-,15+/m0/s1/i4D3. The number of alkyl halides is 1. The average Bonchev–Trinajstić information content (AvgIpc) is 3.29. The maximum atomic E-state index is 13.4. The van der Waals surface area contributed by atoms with E-state index in [2.05, 4.69) is 25.7 Å². The van der Waals surface area contributed by atoms with Crippen LogP contribution in [0.1, 0.15) is 41.7 Å². The molecule has 12 heteroatoms. The van der Waals surface area contributed by atoms with Crippen molar-refractivity contribution in [2.24, 2.45) is 0 Å². The Bertz CT molecular complexity index is 1340. The lowest BCUT2D eigenvalue weighted by Gasteiger charge is -2.25. The lowest BCUT2D eigenvalue weighted by molar-refractivity contribution is 0.0587. The SMILES string of the molecule is [2H]C([2H])([2H])N(C(=O)OC(C)(C)C)c1cc(Nc2cccnc2OC)nc2c(C(=O)N[C@@H]3C[C@@H]3F)cnn12. The number of aromatic nitrogens is 4. The van der Waals surface area contributed by atoms with Gasteiger partial charge < -0.3 is 20.1 Å². The number of methoxy groups -OCH3 is 1. The van der Waals surface area contributed by atoms with Crippen LogP contribution in [0.2, 0.25) is 0 Å². The molecule has 0 aromatic carbocycles. The maximum Gasteiger partial charge on any atom is 0.415 e. The number of anilines is 3. The van der Waals surface area contributed by atoms with E-state index in [-0.39, 0.29) is 35.1 Å². The van der Waals surface area contributed by atoms with E-state index in [0.29, 0.717) is 10.6 Å². The molecular formula is C22H26FN7O4. The molecule has 2 atom stereocenters. The molecule has 0 spiro atoms. The van der Waals surface area contributed by atoms with Crippen molar-refractivity contribution in [3.8, 4) is 5.88 Å². The highest BCUT2D eigenvalue weighted by Gasteiger charge is 2.39. The lowest BCUT2D eigenvalue weighted by Crippen LogP contribution is -2.35. The van der Waals surface area contributed by atoms with Gasteiger partial charge in [0.1, 0.15) is 34.7 Å². The smallest absolute Gasteiger partial charge is 0.415 e. The number of rotatable bonds is 6. The molecule has 4 rings (SSSR count). The van der Waals surface area contributed by atoms with Crippen LogP contribution in [-0.2, 0) is 4.74 Å². The molecule has 0 unspecified atom stereocenters. The Morgan fingerprint density at radius 3 is 2.79 bits per heavy atom. The van der Waals surface area contributed by atoms with Gasteiger partial charge in [0.25, 0.3) is 5.91 Å². The molecule has 0 saturated heterocycles. The first kappa shape index (κ1) is 19.5. The van der Waals surface area contributed by atoms with Gasteiger partial charge in [0.2, 0.25) is 5.88 Å². The number of halogens is 1. The molecule has 180 valence electrons. The normalized spacial score (nSPS) is 18.9. The fourth-order valence-corrected chi connectivity index (χ4v) is 3.08. The van der Waals surface area contributed by atoms with Crippen molar-refractivity contribution in [3.63, 3.8) is 0 Å². The van der Waals surface area contributed by atoms with Gasteiger partial charge in [-0.2, -0.15) is 9.61 Å².